The van der Waals surface area contributed by atoms with Crippen LogP contribution in [0.1, 0.15) is 25.7 Å². The Hall–Kier alpha value is -2.08. The van der Waals surface area contributed by atoms with Gasteiger partial charge in [-0.05, 0) is 37.8 Å². The highest BCUT2D eigenvalue weighted by Crippen LogP contribution is 2.26. The van der Waals surface area contributed by atoms with Gasteiger partial charge in [-0.25, -0.2) is 4.98 Å². The quantitative estimate of drug-likeness (QED) is 0.928. The van der Waals surface area contributed by atoms with Crippen LogP contribution in [0.25, 0.3) is 11.0 Å². The second-order valence-electron chi connectivity index (χ2n) is 7.12. The molecule has 0 bridgehead atoms. The van der Waals surface area contributed by atoms with Crippen LogP contribution in [0.3, 0.4) is 0 Å². The zero-order valence-corrected chi connectivity index (χ0v) is 14.8. The predicted molar refractivity (Wildman–Crippen MR) is 97.6 cm³/mol. The molecular weight excluding hydrogens is 316 g/mol. The molecule has 1 amide bonds. The highest BCUT2D eigenvalue weighted by Gasteiger charge is 2.28. The first-order chi connectivity index (χ1) is 12.2. The lowest BCUT2D eigenvalue weighted by atomic mass is 9.95. The second-order valence-corrected chi connectivity index (χ2v) is 7.12. The number of ether oxygens (including phenoxy) is 1. The molecule has 3 heterocycles. The molecule has 2 aliphatic heterocycles. The minimum Gasteiger partial charge on any atom is -0.381 e. The van der Waals surface area contributed by atoms with Crippen LogP contribution < -0.4 is 10.2 Å². The van der Waals surface area contributed by atoms with E-state index < -0.39 is 0 Å². The van der Waals surface area contributed by atoms with Gasteiger partial charge in [-0.15, -0.1) is 0 Å². The summed E-state index contributed by atoms with van der Waals surface area (Å²) in [5.41, 5.74) is 2.18. The topological polar surface area (TPSA) is 59.4 Å². The molecular formula is C19H26N4O2. The summed E-state index contributed by atoms with van der Waals surface area (Å²) in [4.78, 5) is 19.6. The lowest BCUT2D eigenvalue weighted by Gasteiger charge is -2.33. The van der Waals surface area contributed by atoms with Gasteiger partial charge in [-0.3, -0.25) is 4.79 Å². The van der Waals surface area contributed by atoms with E-state index in [-0.39, 0.29) is 11.8 Å². The number of rotatable bonds is 3. The molecule has 0 unspecified atom stereocenters. The van der Waals surface area contributed by atoms with Crippen LogP contribution in [0.4, 0.5) is 5.95 Å². The maximum Gasteiger partial charge on any atom is 0.223 e. The van der Waals surface area contributed by atoms with Crippen molar-refractivity contribution in [3.8, 4) is 0 Å². The number of anilines is 1. The number of aryl methyl sites for hydroxylation is 1. The summed E-state index contributed by atoms with van der Waals surface area (Å²) < 4.78 is 7.51. The second kappa shape index (κ2) is 7.04. The minimum absolute atomic E-state index is 0.119. The van der Waals surface area contributed by atoms with Crippen molar-refractivity contribution in [3.05, 3.63) is 24.3 Å². The van der Waals surface area contributed by atoms with Gasteiger partial charge in [-0.1, -0.05) is 12.1 Å². The van der Waals surface area contributed by atoms with Gasteiger partial charge < -0.3 is 19.5 Å². The molecule has 1 aromatic carbocycles. The fraction of sp³-hybridized carbons (Fsp3) is 0.579. The fourth-order valence-corrected chi connectivity index (χ4v) is 3.92. The standard InChI is InChI=1S/C19H26N4O2/c1-22-17-5-3-2-4-16(17)21-19(22)23-10-6-14(7-11-23)18(24)20-15-8-12-25-13-9-15/h2-5,14-15H,6-13H2,1H3,(H,20,24). The fourth-order valence-electron chi connectivity index (χ4n) is 3.92. The molecule has 1 aromatic heterocycles. The van der Waals surface area contributed by atoms with Crippen molar-refractivity contribution in [3.63, 3.8) is 0 Å². The summed E-state index contributed by atoms with van der Waals surface area (Å²) >= 11 is 0. The maximum absolute atomic E-state index is 12.5. The van der Waals surface area contributed by atoms with Crippen LogP contribution in [0.2, 0.25) is 0 Å². The van der Waals surface area contributed by atoms with Crippen molar-refractivity contribution >= 4 is 22.9 Å². The van der Waals surface area contributed by atoms with Crippen molar-refractivity contribution in [2.24, 2.45) is 13.0 Å². The molecule has 6 heteroatoms. The van der Waals surface area contributed by atoms with Gasteiger partial charge in [0, 0.05) is 45.3 Å². The third-order valence-electron chi connectivity index (χ3n) is 5.48. The molecule has 134 valence electrons. The van der Waals surface area contributed by atoms with Crippen molar-refractivity contribution < 1.29 is 9.53 Å². The molecule has 2 aliphatic rings. The molecule has 0 radical (unpaired) electrons. The molecule has 0 atom stereocenters. The Labute approximate surface area is 148 Å². The van der Waals surface area contributed by atoms with E-state index in [0.29, 0.717) is 6.04 Å². The number of aromatic nitrogens is 2. The predicted octanol–water partition coefficient (Wildman–Crippen LogP) is 2.08. The summed E-state index contributed by atoms with van der Waals surface area (Å²) in [7, 11) is 2.06. The van der Waals surface area contributed by atoms with Crippen LogP contribution in [0.15, 0.2) is 24.3 Å². The van der Waals surface area contributed by atoms with Crippen molar-refractivity contribution in [2.45, 2.75) is 31.7 Å². The molecule has 2 fully saturated rings. The average molecular weight is 342 g/mol. The summed E-state index contributed by atoms with van der Waals surface area (Å²) in [6.07, 6.45) is 3.64. The van der Waals surface area contributed by atoms with E-state index in [1.54, 1.807) is 0 Å². The maximum atomic E-state index is 12.5. The number of nitrogens with zero attached hydrogens (tertiary/aromatic N) is 3. The number of hydrogen-bond acceptors (Lipinski definition) is 4. The molecule has 25 heavy (non-hydrogen) atoms. The Bertz CT molecular complexity index is 743. The number of benzene rings is 1. The summed E-state index contributed by atoms with van der Waals surface area (Å²) in [5.74, 6) is 1.34. The molecule has 4 rings (SSSR count). The number of piperidine rings is 1. The molecule has 6 nitrogen and oxygen atoms in total. The van der Waals surface area contributed by atoms with E-state index in [4.69, 9.17) is 9.72 Å². The number of fused-ring (bicyclic) bond motifs is 1. The number of para-hydroxylation sites is 2. The first kappa shape index (κ1) is 16.4. The monoisotopic (exact) mass is 342 g/mol. The number of hydrogen-bond donors (Lipinski definition) is 1. The first-order valence-corrected chi connectivity index (χ1v) is 9.27. The zero-order chi connectivity index (χ0) is 17.2. The molecule has 2 saturated heterocycles. The van der Waals surface area contributed by atoms with E-state index in [0.717, 1.165) is 69.0 Å². The SMILES string of the molecule is Cn1c(N2CCC(C(=O)NC3CCOCC3)CC2)nc2ccccc21. The van der Waals surface area contributed by atoms with E-state index in [1.807, 2.05) is 18.2 Å². The number of carbonyl (C=O) groups is 1. The number of nitrogens with one attached hydrogen (secondary N) is 1. The normalized spacial score (nSPS) is 20.1. The highest BCUT2D eigenvalue weighted by atomic mass is 16.5. The summed E-state index contributed by atoms with van der Waals surface area (Å²) in [5, 5.41) is 3.22. The summed E-state index contributed by atoms with van der Waals surface area (Å²) in [6, 6.07) is 8.50. The smallest absolute Gasteiger partial charge is 0.223 e. The average Bonchev–Trinajstić information content (AvgIpc) is 3.00. The van der Waals surface area contributed by atoms with Gasteiger partial charge in [0.1, 0.15) is 0 Å². The molecule has 1 N–H and O–H groups in total. The highest BCUT2D eigenvalue weighted by molar-refractivity contribution is 5.80. The van der Waals surface area contributed by atoms with Gasteiger partial charge in [0.05, 0.1) is 11.0 Å². The first-order valence-electron chi connectivity index (χ1n) is 9.27. The van der Waals surface area contributed by atoms with Gasteiger partial charge in [0.15, 0.2) is 0 Å². The Morgan fingerprint density at radius 2 is 1.88 bits per heavy atom. The van der Waals surface area contributed by atoms with E-state index in [1.165, 1.54) is 0 Å². The number of imidazole rings is 1. The van der Waals surface area contributed by atoms with Gasteiger partial charge in [0.25, 0.3) is 0 Å². The number of amides is 1. The lowest BCUT2D eigenvalue weighted by Crippen LogP contribution is -2.45. The van der Waals surface area contributed by atoms with Crippen LogP contribution in [0.5, 0.6) is 0 Å². The third kappa shape index (κ3) is 3.35. The van der Waals surface area contributed by atoms with Crippen molar-refractivity contribution in [2.75, 3.05) is 31.2 Å². The molecule has 0 spiro atoms. The van der Waals surface area contributed by atoms with E-state index in [2.05, 4.69) is 27.9 Å². The van der Waals surface area contributed by atoms with E-state index in [9.17, 15) is 4.79 Å². The van der Waals surface area contributed by atoms with Gasteiger partial charge >= 0.3 is 0 Å². The molecule has 0 saturated carbocycles. The van der Waals surface area contributed by atoms with Crippen LogP contribution in [-0.2, 0) is 16.6 Å². The lowest BCUT2D eigenvalue weighted by molar-refractivity contribution is -0.126. The van der Waals surface area contributed by atoms with Crippen LogP contribution >= 0.6 is 0 Å². The summed E-state index contributed by atoms with van der Waals surface area (Å²) in [6.45, 7) is 3.28. The van der Waals surface area contributed by atoms with E-state index >= 15 is 0 Å². The minimum atomic E-state index is 0.119. The van der Waals surface area contributed by atoms with Crippen LogP contribution in [0, 0.1) is 5.92 Å². The Balaban J connectivity index is 1.37. The van der Waals surface area contributed by atoms with Gasteiger partial charge in [-0.2, -0.15) is 0 Å². The Kier molecular flexibility index (Phi) is 4.61. The van der Waals surface area contributed by atoms with Gasteiger partial charge in [0.2, 0.25) is 11.9 Å². The zero-order valence-electron chi connectivity index (χ0n) is 14.8. The largest absolute Gasteiger partial charge is 0.381 e. The number of carbonyl (C=O) groups excluding carboxylic acids is 1. The van der Waals surface area contributed by atoms with Crippen LogP contribution in [-0.4, -0.2) is 47.8 Å². The Morgan fingerprint density at radius 1 is 1.16 bits per heavy atom. The third-order valence-corrected chi connectivity index (χ3v) is 5.48. The van der Waals surface area contributed by atoms with Crippen molar-refractivity contribution in [1.29, 1.82) is 0 Å². The van der Waals surface area contributed by atoms with Crippen molar-refractivity contribution in [1.82, 2.24) is 14.9 Å². The molecule has 0 aliphatic carbocycles. The molecule has 2 aromatic rings. The Morgan fingerprint density at radius 3 is 2.60 bits per heavy atom.